The number of ketones is 1. The molecule has 4 unspecified atom stereocenters. The van der Waals surface area contributed by atoms with Crippen LogP contribution in [0.4, 0.5) is 0 Å². The maximum absolute atomic E-state index is 12.0. The summed E-state index contributed by atoms with van der Waals surface area (Å²) in [5, 5.41) is 38.6. The first-order chi connectivity index (χ1) is 11.5. The van der Waals surface area contributed by atoms with Gasteiger partial charge < -0.3 is 25.2 Å². The van der Waals surface area contributed by atoms with E-state index in [2.05, 4.69) is 0 Å². The van der Waals surface area contributed by atoms with E-state index in [9.17, 15) is 25.2 Å². The molecule has 0 heterocycles. The van der Waals surface area contributed by atoms with Gasteiger partial charge in [-0.1, -0.05) is 24.3 Å². The maximum Gasteiger partial charge on any atom is 0.193 e. The predicted molar refractivity (Wildman–Crippen MR) is 94.5 cm³/mol. The first-order valence-corrected chi connectivity index (χ1v) is 8.56. The Bertz CT molecular complexity index is 530. The number of Topliss-reactive ketones (excluding diaryl/α,β-unsaturated/α-hetero) is 1. The van der Waals surface area contributed by atoms with Crippen LogP contribution in [0.3, 0.4) is 0 Å². The van der Waals surface area contributed by atoms with Crippen molar-refractivity contribution >= 4 is 5.78 Å². The molecule has 4 N–H and O–H groups in total. The number of benzene rings is 1. The second-order valence-corrected chi connectivity index (χ2v) is 7.00. The van der Waals surface area contributed by atoms with Gasteiger partial charge in [0.1, 0.15) is 17.8 Å². The Balaban J connectivity index is 2.50. The summed E-state index contributed by atoms with van der Waals surface area (Å²) in [6.45, 7) is 6.19. The van der Waals surface area contributed by atoms with Gasteiger partial charge in [0.25, 0.3) is 0 Å². The molecule has 0 radical (unpaired) electrons. The molecule has 0 amide bonds. The number of hydrogen-bond donors (Lipinski definition) is 4. The lowest BCUT2D eigenvalue weighted by Gasteiger charge is -2.27. The van der Waals surface area contributed by atoms with Crippen LogP contribution in [0.15, 0.2) is 24.3 Å². The zero-order chi connectivity index (χ0) is 19.2. The third kappa shape index (κ3) is 6.84. The highest BCUT2D eigenvalue weighted by Gasteiger charge is 2.28. The van der Waals surface area contributed by atoms with Crippen molar-refractivity contribution in [3.63, 3.8) is 0 Å². The topological polar surface area (TPSA) is 107 Å². The summed E-state index contributed by atoms with van der Waals surface area (Å²) in [7, 11) is 0. The number of hydrogen-bond acceptors (Lipinski definition) is 6. The van der Waals surface area contributed by atoms with Gasteiger partial charge in [-0.2, -0.15) is 0 Å². The fourth-order valence-corrected chi connectivity index (χ4v) is 2.47. The van der Waals surface area contributed by atoms with Crippen LogP contribution in [0.1, 0.15) is 50.0 Å². The van der Waals surface area contributed by atoms with E-state index in [1.807, 2.05) is 12.1 Å². The van der Waals surface area contributed by atoms with E-state index in [1.54, 1.807) is 12.1 Å². The largest absolute Gasteiger partial charge is 0.391 e. The summed E-state index contributed by atoms with van der Waals surface area (Å²) in [6, 6.07) is 7.03. The summed E-state index contributed by atoms with van der Waals surface area (Å²) >= 11 is 0. The van der Waals surface area contributed by atoms with Crippen LogP contribution in [0.2, 0.25) is 0 Å². The highest BCUT2D eigenvalue weighted by atomic mass is 16.5. The van der Waals surface area contributed by atoms with E-state index in [-0.39, 0.29) is 5.78 Å². The van der Waals surface area contributed by atoms with E-state index in [1.165, 1.54) is 27.7 Å². The Labute approximate surface area is 149 Å². The third-order valence-electron chi connectivity index (χ3n) is 4.00. The molecule has 0 aliphatic carbocycles. The lowest BCUT2D eigenvalue weighted by molar-refractivity contribution is -0.126. The van der Waals surface area contributed by atoms with Crippen LogP contribution in [-0.4, -0.2) is 62.8 Å². The summed E-state index contributed by atoms with van der Waals surface area (Å²) in [5.41, 5.74) is 0.0815. The van der Waals surface area contributed by atoms with Crippen molar-refractivity contribution in [2.75, 3.05) is 6.61 Å². The molecule has 4 atom stereocenters. The lowest BCUT2D eigenvalue weighted by atomic mass is 9.95. The molecule has 0 aliphatic heterocycles. The molecule has 0 aliphatic rings. The number of ether oxygens (including phenoxy) is 1. The van der Waals surface area contributed by atoms with Crippen LogP contribution in [-0.2, 0) is 11.2 Å². The molecule has 1 aromatic carbocycles. The van der Waals surface area contributed by atoms with Crippen molar-refractivity contribution in [1.82, 2.24) is 0 Å². The number of aliphatic hydroxyl groups excluding tert-OH is 3. The average molecular weight is 354 g/mol. The SMILES string of the molecule is CC(O)C(O)C(OCCCc1ccc(C(=O)C(C)(C)O)cc1)C(C)O. The van der Waals surface area contributed by atoms with Crippen molar-refractivity contribution in [3.05, 3.63) is 35.4 Å². The van der Waals surface area contributed by atoms with Gasteiger partial charge in [0.15, 0.2) is 5.78 Å². The molecule has 0 aromatic heterocycles. The highest BCUT2D eigenvalue weighted by Crippen LogP contribution is 2.15. The Morgan fingerprint density at radius 2 is 1.64 bits per heavy atom. The molecule has 0 saturated heterocycles. The average Bonchev–Trinajstić information content (AvgIpc) is 2.52. The molecule has 142 valence electrons. The van der Waals surface area contributed by atoms with E-state index in [0.29, 0.717) is 25.0 Å². The molecule has 0 spiro atoms. The zero-order valence-corrected chi connectivity index (χ0v) is 15.3. The number of rotatable bonds is 10. The monoisotopic (exact) mass is 354 g/mol. The fourth-order valence-electron chi connectivity index (χ4n) is 2.47. The number of carbonyl (C=O) groups excluding carboxylic acids is 1. The Hall–Kier alpha value is -1.31. The Kier molecular flexibility index (Phi) is 8.18. The second kappa shape index (κ2) is 9.40. The van der Waals surface area contributed by atoms with Crippen LogP contribution in [0.25, 0.3) is 0 Å². The van der Waals surface area contributed by atoms with E-state index in [0.717, 1.165) is 5.56 Å². The molecule has 0 fully saturated rings. The molecular weight excluding hydrogens is 324 g/mol. The number of aryl methyl sites for hydroxylation is 1. The second-order valence-electron chi connectivity index (χ2n) is 7.00. The van der Waals surface area contributed by atoms with E-state index in [4.69, 9.17) is 4.74 Å². The minimum absolute atomic E-state index is 0.323. The van der Waals surface area contributed by atoms with E-state index < -0.39 is 30.0 Å². The van der Waals surface area contributed by atoms with Crippen molar-refractivity contribution in [2.24, 2.45) is 0 Å². The van der Waals surface area contributed by atoms with Gasteiger partial charge in [0.05, 0.1) is 12.2 Å². The summed E-state index contributed by atoms with van der Waals surface area (Å²) in [6.07, 6.45) is -2.50. The standard InChI is InChI=1S/C19H30O6/c1-12(20)16(22)17(13(2)21)25-11-5-6-14-7-9-15(10-8-14)18(23)19(3,4)24/h7-10,12-13,16-17,20-22,24H,5-6,11H2,1-4H3. The zero-order valence-electron chi connectivity index (χ0n) is 15.3. The first-order valence-electron chi connectivity index (χ1n) is 8.56. The van der Waals surface area contributed by atoms with Gasteiger partial charge in [-0.3, -0.25) is 4.79 Å². The van der Waals surface area contributed by atoms with E-state index >= 15 is 0 Å². The van der Waals surface area contributed by atoms with Gasteiger partial charge in [0.2, 0.25) is 0 Å². The maximum atomic E-state index is 12.0. The smallest absolute Gasteiger partial charge is 0.193 e. The Morgan fingerprint density at radius 1 is 1.08 bits per heavy atom. The Morgan fingerprint density at radius 3 is 2.08 bits per heavy atom. The molecule has 6 nitrogen and oxygen atoms in total. The van der Waals surface area contributed by atoms with Gasteiger partial charge >= 0.3 is 0 Å². The van der Waals surface area contributed by atoms with Crippen molar-refractivity contribution in [3.8, 4) is 0 Å². The first kappa shape index (κ1) is 21.7. The third-order valence-corrected chi connectivity index (χ3v) is 4.00. The van der Waals surface area contributed by atoms with Crippen LogP contribution in [0.5, 0.6) is 0 Å². The van der Waals surface area contributed by atoms with Gasteiger partial charge in [-0.05, 0) is 46.1 Å². The van der Waals surface area contributed by atoms with Gasteiger partial charge in [-0.15, -0.1) is 0 Å². The van der Waals surface area contributed by atoms with Gasteiger partial charge in [-0.25, -0.2) is 0 Å². The van der Waals surface area contributed by atoms with Crippen LogP contribution >= 0.6 is 0 Å². The normalized spacial score (nSPS) is 17.0. The van der Waals surface area contributed by atoms with Crippen molar-refractivity contribution in [2.45, 2.75) is 70.6 Å². The molecule has 1 rings (SSSR count). The van der Waals surface area contributed by atoms with Crippen molar-refractivity contribution < 1.29 is 30.0 Å². The number of carbonyl (C=O) groups is 1. The van der Waals surface area contributed by atoms with Gasteiger partial charge in [0, 0.05) is 12.2 Å². The predicted octanol–water partition coefficient (Wildman–Crippen LogP) is 1.08. The van der Waals surface area contributed by atoms with Crippen LogP contribution in [0, 0.1) is 0 Å². The molecule has 0 bridgehead atoms. The summed E-state index contributed by atoms with van der Waals surface area (Å²) < 4.78 is 5.51. The molecule has 6 heteroatoms. The number of aliphatic hydroxyl groups is 4. The minimum Gasteiger partial charge on any atom is -0.391 e. The minimum atomic E-state index is -1.39. The molecular formula is C19H30O6. The summed E-state index contributed by atoms with van der Waals surface area (Å²) in [5.74, 6) is -0.325. The lowest BCUT2D eigenvalue weighted by Crippen LogP contribution is -2.44. The fraction of sp³-hybridized carbons (Fsp3) is 0.632. The molecule has 1 aromatic rings. The summed E-state index contributed by atoms with van der Waals surface area (Å²) in [4.78, 5) is 12.0. The van der Waals surface area contributed by atoms with Crippen molar-refractivity contribution in [1.29, 1.82) is 0 Å². The quantitative estimate of drug-likeness (QED) is 0.370. The highest BCUT2D eigenvalue weighted by molar-refractivity contribution is 6.01. The van der Waals surface area contributed by atoms with Crippen LogP contribution < -0.4 is 0 Å². The molecule has 25 heavy (non-hydrogen) atoms. The molecule has 0 saturated carbocycles.